The van der Waals surface area contributed by atoms with Gasteiger partial charge >= 0.3 is 0 Å². The van der Waals surface area contributed by atoms with Gasteiger partial charge < -0.3 is 9.64 Å². The summed E-state index contributed by atoms with van der Waals surface area (Å²) in [6.45, 7) is 6.27. The summed E-state index contributed by atoms with van der Waals surface area (Å²) in [7, 11) is 0. The summed E-state index contributed by atoms with van der Waals surface area (Å²) in [5, 5.41) is 0. The van der Waals surface area contributed by atoms with Crippen molar-refractivity contribution in [3.8, 4) is 0 Å². The van der Waals surface area contributed by atoms with Crippen molar-refractivity contribution in [1.82, 2.24) is 4.90 Å². The number of rotatable bonds is 3. The maximum absolute atomic E-state index is 14.4. The minimum Gasteiger partial charge on any atom is -0.379 e. The molecule has 5 heteroatoms. The molecule has 0 saturated carbocycles. The minimum atomic E-state index is -0.251. The van der Waals surface area contributed by atoms with Crippen LogP contribution < -0.4 is 4.90 Å². The van der Waals surface area contributed by atoms with Crippen molar-refractivity contribution in [2.45, 2.75) is 13.5 Å². The molecule has 1 fully saturated rings. The van der Waals surface area contributed by atoms with Gasteiger partial charge in [0.15, 0.2) is 0 Å². The Morgan fingerprint density at radius 3 is 2.82 bits per heavy atom. The number of carbonyl (C=O) groups excluding carboxylic acids is 1. The van der Waals surface area contributed by atoms with E-state index in [0.717, 1.165) is 13.1 Å². The maximum atomic E-state index is 14.4. The molecule has 0 bridgehead atoms. The number of ether oxygens (including phenoxy) is 1. The summed E-state index contributed by atoms with van der Waals surface area (Å²) < 4.78 is 19.7. The van der Waals surface area contributed by atoms with Gasteiger partial charge in [-0.15, -0.1) is 0 Å². The fourth-order valence-corrected chi connectivity index (χ4v) is 2.84. The zero-order valence-electron chi connectivity index (χ0n) is 12.8. The average molecular weight is 304 g/mol. The molecule has 0 N–H and O–H groups in total. The Balaban J connectivity index is 1.74. The molecule has 2 aliphatic heterocycles. The lowest BCUT2D eigenvalue weighted by atomic mass is 10.1. The highest BCUT2D eigenvalue weighted by molar-refractivity contribution is 6.02. The zero-order valence-corrected chi connectivity index (χ0v) is 12.8. The normalized spacial score (nSPS) is 23.1. The topological polar surface area (TPSA) is 32.8 Å². The Bertz CT molecular complexity index is 582. The molecule has 22 heavy (non-hydrogen) atoms. The van der Waals surface area contributed by atoms with Crippen molar-refractivity contribution in [1.29, 1.82) is 0 Å². The maximum Gasteiger partial charge on any atom is 0.250 e. The van der Waals surface area contributed by atoms with E-state index in [1.807, 2.05) is 19.1 Å². The van der Waals surface area contributed by atoms with E-state index in [1.165, 1.54) is 6.07 Å². The first-order valence-corrected chi connectivity index (χ1v) is 7.72. The molecule has 118 valence electrons. The lowest BCUT2D eigenvalue weighted by molar-refractivity contribution is -0.114. The van der Waals surface area contributed by atoms with E-state index in [9.17, 15) is 9.18 Å². The summed E-state index contributed by atoms with van der Waals surface area (Å²) in [5.74, 6) is -0.0498. The van der Waals surface area contributed by atoms with E-state index in [2.05, 4.69) is 4.90 Å². The third-order valence-electron chi connectivity index (χ3n) is 4.15. The van der Waals surface area contributed by atoms with Crippen LogP contribution in [0.3, 0.4) is 0 Å². The fourth-order valence-electron chi connectivity index (χ4n) is 2.84. The number of amides is 1. The largest absolute Gasteiger partial charge is 0.379 e. The van der Waals surface area contributed by atoms with Crippen molar-refractivity contribution in [2.75, 3.05) is 37.7 Å². The van der Waals surface area contributed by atoms with Gasteiger partial charge in [-0.25, -0.2) is 4.39 Å². The quantitative estimate of drug-likeness (QED) is 0.858. The Hall–Kier alpha value is -1.72. The van der Waals surface area contributed by atoms with E-state index in [0.29, 0.717) is 37.6 Å². The molecule has 0 spiro atoms. The van der Waals surface area contributed by atoms with Crippen LogP contribution >= 0.6 is 0 Å². The molecule has 1 aromatic rings. The molecule has 4 nitrogen and oxygen atoms in total. The van der Waals surface area contributed by atoms with Crippen molar-refractivity contribution in [2.24, 2.45) is 5.92 Å². The molecule has 0 radical (unpaired) electrons. The lowest BCUT2D eigenvalue weighted by Gasteiger charge is -2.28. The van der Waals surface area contributed by atoms with Crippen LogP contribution in [0.4, 0.5) is 10.1 Å². The highest BCUT2D eigenvalue weighted by Gasteiger charge is 2.21. The molecule has 1 saturated heterocycles. The number of nitrogens with zero attached hydrogens (tertiary/aromatic N) is 2. The van der Waals surface area contributed by atoms with Crippen molar-refractivity contribution < 1.29 is 13.9 Å². The van der Waals surface area contributed by atoms with Crippen molar-refractivity contribution >= 4 is 11.6 Å². The Morgan fingerprint density at radius 1 is 1.32 bits per heavy atom. The molecule has 2 aliphatic rings. The zero-order chi connectivity index (χ0) is 15.5. The van der Waals surface area contributed by atoms with Gasteiger partial charge in [0.25, 0.3) is 5.91 Å². The first-order valence-electron chi connectivity index (χ1n) is 7.72. The number of anilines is 1. The summed E-state index contributed by atoms with van der Waals surface area (Å²) in [6, 6.07) is 5.10. The van der Waals surface area contributed by atoms with Crippen LogP contribution in [0, 0.1) is 11.7 Å². The van der Waals surface area contributed by atoms with E-state index >= 15 is 0 Å². The number of hydrogen-bond donors (Lipinski definition) is 0. The van der Waals surface area contributed by atoms with E-state index in [4.69, 9.17) is 4.74 Å². The Morgan fingerprint density at radius 2 is 2.09 bits per heavy atom. The van der Waals surface area contributed by atoms with Crippen LogP contribution in [0.2, 0.25) is 0 Å². The number of carbonyl (C=O) groups is 1. The van der Waals surface area contributed by atoms with Gasteiger partial charge in [-0.1, -0.05) is 19.1 Å². The summed E-state index contributed by atoms with van der Waals surface area (Å²) in [5.41, 5.74) is 1.29. The van der Waals surface area contributed by atoms with Crippen molar-refractivity contribution in [3.63, 3.8) is 0 Å². The monoisotopic (exact) mass is 304 g/mol. The van der Waals surface area contributed by atoms with E-state index < -0.39 is 0 Å². The second-order valence-corrected chi connectivity index (χ2v) is 5.95. The molecule has 1 amide bonds. The predicted molar refractivity (Wildman–Crippen MR) is 83.2 cm³/mol. The van der Waals surface area contributed by atoms with Crippen molar-refractivity contribution in [3.05, 3.63) is 41.7 Å². The van der Waals surface area contributed by atoms with Gasteiger partial charge in [0.1, 0.15) is 5.82 Å². The Labute approximate surface area is 130 Å². The smallest absolute Gasteiger partial charge is 0.250 e. The standard InChI is InChI=1S/C17H21FN2O2/c1-13-2-5-17(21)20(11-13)15-4-3-14(16(18)10-15)12-19-6-8-22-9-7-19/h2-5,10,13H,6-9,11-12H2,1H3. The molecule has 2 heterocycles. The minimum absolute atomic E-state index is 0.0848. The van der Waals surface area contributed by atoms with E-state index in [-0.39, 0.29) is 17.6 Å². The highest BCUT2D eigenvalue weighted by atomic mass is 19.1. The molecule has 0 aliphatic carbocycles. The summed E-state index contributed by atoms with van der Waals surface area (Å²) in [6.07, 6.45) is 3.45. The Kier molecular flexibility index (Phi) is 4.55. The van der Waals surface area contributed by atoms with Gasteiger partial charge in [-0.2, -0.15) is 0 Å². The van der Waals surface area contributed by atoms with Crippen LogP contribution in [-0.4, -0.2) is 43.7 Å². The second-order valence-electron chi connectivity index (χ2n) is 5.95. The molecular weight excluding hydrogens is 283 g/mol. The number of halogens is 1. The van der Waals surface area contributed by atoms with Gasteiger partial charge in [0, 0.05) is 37.4 Å². The number of morpholine rings is 1. The predicted octanol–water partition coefficient (Wildman–Crippen LogP) is 2.20. The molecular formula is C17H21FN2O2. The summed E-state index contributed by atoms with van der Waals surface area (Å²) >= 11 is 0. The highest BCUT2D eigenvalue weighted by Crippen LogP contribution is 2.23. The first kappa shape index (κ1) is 15.2. The number of hydrogen-bond acceptors (Lipinski definition) is 3. The average Bonchev–Trinajstić information content (AvgIpc) is 2.53. The SMILES string of the molecule is CC1C=CC(=O)N(c2ccc(CN3CCOCC3)c(F)c2)C1. The van der Waals surface area contributed by atoms with Crippen LogP contribution in [-0.2, 0) is 16.1 Å². The molecule has 1 atom stereocenters. The van der Waals surface area contributed by atoms with Crippen LogP contribution in [0.1, 0.15) is 12.5 Å². The third kappa shape index (κ3) is 3.36. The third-order valence-corrected chi connectivity index (χ3v) is 4.15. The van der Waals surface area contributed by atoms with Gasteiger partial charge in [-0.05, 0) is 24.1 Å². The second kappa shape index (κ2) is 6.58. The van der Waals surface area contributed by atoms with Crippen LogP contribution in [0.5, 0.6) is 0 Å². The van der Waals surface area contributed by atoms with Gasteiger partial charge in [0.05, 0.1) is 13.2 Å². The fraction of sp³-hybridized carbons (Fsp3) is 0.471. The van der Waals surface area contributed by atoms with Crippen LogP contribution in [0.25, 0.3) is 0 Å². The molecule has 3 rings (SSSR count). The lowest BCUT2D eigenvalue weighted by Crippen LogP contribution is -2.37. The van der Waals surface area contributed by atoms with Gasteiger partial charge in [-0.3, -0.25) is 9.69 Å². The van der Waals surface area contributed by atoms with E-state index in [1.54, 1.807) is 17.0 Å². The molecule has 0 aromatic heterocycles. The molecule has 1 aromatic carbocycles. The molecule has 1 unspecified atom stereocenters. The first-order chi connectivity index (χ1) is 10.6. The number of benzene rings is 1. The van der Waals surface area contributed by atoms with Crippen LogP contribution in [0.15, 0.2) is 30.4 Å². The summed E-state index contributed by atoms with van der Waals surface area (Å²) in [4.78, 5) is 15.8. The van der Waals surface area contributed by atoms with Gasteiger partial charge in [0.2, 0.25) is 0 Å².